The van der Waals surface area contributed by atoms with E-state index in [1.165, 1.54) is 6.20 Å². The van der Waals surface area contributed by atoms with Gasteiger partial charge in [0.05, 0.1) is 6.20 Å². The Morgan fingerprint density at radius 2 is 2.33 bits per heavy atom. The third-order valence-corrected chi connectivity index (χ3v) is 1.67. The van der Waals surface area contributed by atoms with Crippen molar-refractivity contribution in [3.05, 3.63) is 11.9 Å². The molecule has 1 amide bonds. The fourth-order valence-electron chi connectivity index (χ4n) is 0.930. The van der Waals surface area contributed by atoms with Gasteiger partial charge in [0.1, 0.15) is 6.04 Å². The number of amides is 1. The highest BCUT2D eigenvalue weighted by atomic mass is 16.4. The number of nitrogens with zero attached hydrogens (tertiary/aromatic N) is 2. The first-order valence-corrected chi connectivity index (χ1v) is 4.15. The van der Waals surface area contributed by atoms with Crippen LogP contribution in [0.4, 0.5) is 0 Å². The van der Waals surface area contributed by atoms with E-state index in [0.29, 0.717) is 0 Å². The number of hydrogen-bond donors (Lipinski definition) is 4. The topological polar surface area (TPSA) is 128 Å². The highest BCUT2D eigenvalue weighted by molar-refractivity contribution is 5.94. The minimum Gasteiger partial charge on any atom is -0.480 e. The number of carboxylic acid groups (broad SMARTS) is 1. The first kappa shape index (κ1) is 11.1. The summed E-state index contributed by atoms with van der Waals surface area (Å²) in [5.74, 6) is -1.86. The highest BCUT2D eigenvalue weighted by Crippen LogP contribution is 1.95. The van der Waals surface area contributed by atoms with Gasteiger partial charge in [-0.05, 0) is 0 Å². The quantitative estimate of drug-likeness (QED) is 0.466. The van der Waals surface area contributed by atoms with Crippen molar-refractivity contribution in [2.45, 2.75) is 12.5 Å². The average Bonchev–Trinajstić information content (AvgIpc) is 2.69. The van der Waals surface area contributed by atoms with Crippen molar-refractivity contribution in [2.24, 2.45) is 0 Å². The Balaban J connectivity index is 2.59. The van der Waals surface area contributed by atoms with Crippen molar-refractivity contribution < 1.29 is 19.8 Å². The molecule has 0 saturated carbocycles. The number of carbonyl (C=O) groups excluding carboxylic acids is 1. The summed E-state index contributed by atoms with van der Waals surface area (Å²) in [5.41, 5.74) is -0.000750. The number of carbonyl (C=O) groups is 2. The minimum atomic E-state index is -1.21. The second kappa shape index (κ2) is 5.05. The average molecular weight is 214 g/mol. The molecule has 15 heavy (non-hydrogen) atoms. The lowest BCUT2D eigenvalue weighted by atomic mass is 10.2. The monoisotopic (exact) mass is 214 g/mol. The lowest BCUT2D eigenvalue weighted by Crippen LogP contribution is -2.41. The molecule has 82 valence electrons. The predicted octanol–water partition coefficient (Wildman–Crippen LogP) is -1.63. The smallest absolute Gasteiger partial charge is 0.326 e. The Hall–Kier alpha value is -1.96. The Morgan fingerprint density at radius 1 is 1.60 bits per heavy atom. The van der Waals surface area contributed by atoms with E-state index in [9.17, 15) is 9.59 Å². The summed E-state index contributed by atoms with van der Waals surface area (Å²) in [7, 11) is 0. The SMILES string of the molecule is O=C(N[C@@H](CCO)C(=O)O)c1cn[nH]n1. The molecule has 1 heterocycles. The van der Waals surface area contributed by atoms with E-state index in [1.54, 1.807) is 0 Å². The van der Waals surface area contributed by atoms with Gasteiger partial charge < -0.3 is 15.5 Å². The maximum Gasteiger partial charge on any atom is 0.326 e. The molecule has 0 saturated heterocycles. The van der Waals surface area contributed by atoms with Gasteiger partial charge in [-0.1, -0.05) is 0 Å². The molecule has 0 unspecified atom stereocenters. The van der Waals surface area contributed by atoms with Gasteiger partial charge in [0.25, 0.3) is 5.91 Å². The summed E-state index contributed by atoms with van der Waals surface area (Å²) in [6.45, 7) is -0.323. The van der Waals surface area contributed by atoms with Gasteiger partial charge in [0.2, 0.25) is 0 Å². The van der Waals surface area contributed by atoms with Crippen LogP contribution in [-0.2, 0) is 4.79 Å². The zero-order valence-electron chi connectivity index (χ0n) is 7.67. The van der Waals surface area contributed by atoms with E-state index in [2.05, 4.69) is 20.7 Å². The van der Waals surface area contributed by atoms with Crippen LogP contribution in [-0.4, -0.2) is 50.1 Å². The molecule has 0 aliphatic rings. The molecule has 0 aromatic carbocycles. The van der Waals surface area contributed by atoms with Gasteiger partial charge in [-0.15, -0.1) is 0 Å². The van der Waals surface area contributed by atoms with Crippen LogP contribution in [0.25, 0.3) is 0 Å². The molecule has 0 aliphatic heterocycles. The molecule has 1 aromatic heterocycles. The van der Waals surface area contributed by atoms with Crippen molar-refractivity contribution >= 4 is 11.9 Å². The normalized spacial score (nSPS) is 12.1. The predicted molar refractivity (Wildman–Crippen MR) is 47.0 cm³/mol. The zero-order valence-corrected chi connectivity index (χ0v) is 7.67. The number of aliphatic hydroxyl groups is 1. The van der Waals surface area contributed by atoms with Gasteiger partial charge in [-0.3, -0.25) is 4.79 Å². The molecular formula is C7H10N4O4. The van der Waals surface area contributed by atoms with Crippen LogP contribution < -0.4 is 5.32 Å². The molecule has 0 fully saturated rings. The lowest BCUT2D eigenvalue weighted by molar-refractivity contribution is -0.139. The van der Waals surface area contributed by atoms with Crippen LogP contribution in [0.2, 0.25) is 0 Å². The summed E-state index contributed by atoms with van der Waals surface area (Å²) in [6, 6.07) is -1.13. The molecule has 8 nitrogen and oxygen atoms in total. The van der Waals surface area contributed by atoms with Crippen LogP contribution in [0.5, 0.6) is 0 Å². The van der Waals surface area contributed by atoms with E-state index in [0.717, 1.165) is 0 Å². The maximum atomic E-state index is 11.3. The second-order valence-electron chi connectivity index (χ2n) is 2.73. The lowest BCUT2D eigenvalue weighted by Gasteiger charge is -2.11. The van der Waals surface area contributed by atoms with Crippen molar-refractivity contribution in [3.8, 4) is 0 Å². The number of aromatic amines is 1. The fourth-order valence-corrected chi connectivity index (χ4v) is 0.930. The largest absolute Gasteiger partial charge is 0.480 e. The Bertz CT molecular complexity index is 337. The van der Waals surface area contributed by atoms with Crippen molar-refractivity contribution in [1.82, 2.24) is 20.7 Å². The molecule has 8 heteroatoms. The molecule has 1 aromatic rings. The van der Waals surface area contributed by atoms with Gasteiger partial charge in [0, 0.05) is 13.0 Å². The fraction of sp³-hybridized carbons (Fsp3) is 0.429. The minimum absolute atomic E-state index is 0.000750. The Labute approximate surface area is 84.3 Å². The number of aliphatic hydroxyl groups excluding tert-OH is 1. The van der Waals surface area contributed by atoms with Gasteiger partial charge in [0.15, 0.2) is 5.69 Å². The molecular weight excluding hydrogens is 204 g/mol. The molecule has 4 N–H and O–H groups in total. The number of carboxylic acids is 1. The number of rotatable bonds is 5. The number of aliphatic carboxylic acids is 1. The molecule has 0 aliphatic carbocycles. The Morgan fingerprint density at radius 3 is 2.80 bits per heavy atom. The van der Waals surface area contributed by atoms with Crippen molar-refractivity contribution in [1.29, 1.82) is 0 Å². The van der Waals surface area contributed by atoms with Gasteiger partial charge in [-0.25, -0.2) is 4.79 Å². The summed E-state index contributed by atoms with van der Waals surface area (Å²) in [4.78, 5) is 21.9. The van der Waals surface area contributed by atoms with Crippen LogP contribution in [0.1, 0.15) is 16.9 Å². The third-order valence-electron chi connectivity index (χ3n) is 1.67. The van der Waals surface area contributed by atoms with Gasteiger partial charge >= 0.3 is 5.97 Å². The van der Waals surface area contributed by atoms with E-state index in [4.69, 9.17) is 10.2 Å². The summed E-state index contributed by atoms with van der Waals surface area (Å²) in [5, 5.41) is 28.6. The molecule has 1 rings (SSSR count). The highest BCUT2D eigenvalue weighted by Gasteiger charge is 2.20. The maximum absolute atomic E-state index is 11.3. The van der Waals surface area contributed by atoms with Crippen LogP contribution in [0.15, 0.2) is 6.20 Å². The summed E-state index contributed by atoms with van der Waals surface area (Å²) >= 11 is 0. The summed E-state index contributed by atoms with van der Waals surface area (Å²) in [6.07, 6.45) is 1.12. The third kappa shape index (κ3) is 3.02. The first-order chi connectivity index (χ1) is 7.15. The standard InChI is InChI=1S/C7H10N4O4/c12-2-1-4(7(14)15)9-6(13)5-3-8-11-10-5/h3-4,12H,1-2H2,(H,9,13)(H,14,15)(H,8,10,11)/t4-/m0/s1. The van der Waals surface area contributed by atoms with Crippen LogP contribution in [0, 0.1) is 0 Å². The molecule has 0 radical (unpaired) electrons. The van der Waals surface area contributed by atoms with E-state index >= 15 is 0 Å². The molecule has 0 bridgehead atoms. The first-order valence-electron chi connectivity index (χ1n) is 4.15. The molecule has 0 spiro atoms. The number of nitrogens with one attached hydrogen (secondary N) is 2. The van der Waals surface area contributed by atoms with E-state index in [-0.39, 0.29) is 18.7 Å². The number of H-pyrrole nitrogens is 1. The summed E-state index contributed by atoms with van der Waals surface area (Å²) < 4.78 is 0. The Kier molecular flexibility index (Phi) is 3.75. The van der Waals surface area contributed by atoms with Crippen LogP contribution in [0.3, 0.4) is 0 Å². The van der Waals surface area contributed by atoms with Gasteiger partial charge in [-0.2, -0.15) is 15.4 Å². The second-order valence-corrected chi connectivity index (χ2v) is 2.73. The molecule has 1 atom stereocenters. The van der Waals surface area contributed by atoms with Crippen molar-refractivity contribution in [3.63, 3.8) is 0 Å². The van der Waals surface area contributed by atoms with E-state index < -0.39 is 17.9 Å². The van der Waals surface area contributed by atoms with E-state index in [1.807, 2.05) is 0 Å². The number of hydrogen-bond acceptors (Lipinski definition) is 5. The zero-order chi connectivity index (χ0) is 11.3. The van der Waals surface area contributed by atoms with Crippen LogP contribution >= 0.6 is 0 Å². The number of aromatic nitrogens is 3. The van der Waals surface area contributed by atoms with Crippen molar-refractivity contribution in [2.75, 3.05) is 6.61 Å².